The predicted molar refractivity (Wildman–Crippen MR) is 100 cm³/mol. The van der Waals surface area contributed by atoms with E-state index in [1.165, 1.54) is 31.4 Å². The van der Waals surface area contributed by atoms with Gasteiger partial charge in [0.25, 0.3) is 0 Å². The Balaban J connectivity index is 1.82. The fraction of sp³-hybridized carbons (Fsp3) is 0.105. The molecular weight excluding hydrogens is 395 g/mol. The monoisotopic (exact) mass is 406 g/mol. The van der Waals surface area contributed by atoms with E-state index in [9.17, 15) is 14.4 Å². The highest BCUT2D eigenvalue weighted by atomic mass is 35.5. The lowest BCUT2D eigenvalue weighted by atomic mass is 10.1. The summed E-state index contributed by atoms with van der Waals surface area (Å²) in [7, 11) is 1.43. The average molecular weight is 407 g/mol. The molecule has 27 heavy (non-hydrogen) atoms. The minimum absolute atomic E-state index is 0.118. The quantitative estimate of drug-likeness (QED) is 0.359. The van der Waals surface area contributed by atoms with E-state index in [0.717, 1.165) is 0 Å². The zero-order valence-electron chi connectivity index (χ0n) is 14.0. The molecule has 1 aromatic heterocycles. The third-order valence-electron chi connectivity index (χ3n) is 3.73. The standard InChI is InChI=1S/C19H12Cl2O6/c1-25-16-4-2-3-10-7-13(19(24)27-17(10)16)18(23)26-9-15(22)12-8-11(20)5-6-14(12)21/h2-8H,9H2,1H3. The maximum absolute atomic E-state index is 12.2. The number of methoxy groups -OCH3 is 1. The van der Waals surface area contributed by atoms with Crippen LogP contribution in [0.5, 0.6) is 5.75 Å². The Morgan fingerprint density at radius 3 is 2.59 bits per heavy atom. The number of esters is 1. The Kier molecular flexibility index (Phi) is 5.48. The summed E-state index contributed by atoms with van der Waals surface area (Å²) in [5, 5.41) is 0.973. The summed E-state index contributed by atoms with van der Waals surface area (Å²) in [6.45, 7) is -0.603. The number of ether oxygens (including phenoxy) is 2. The number of ketones is 1. The van der Waals surface area contributed by atoms with E-state index < -0.39 is 24.0 Å². The molecule has 0 atom stereocenters. The zero-order chi connectivity index (χ0) is 19.6. The summed E-state index contributed by atoms with van der Waals surface area (Å²) in [5.74, 6) is -1.18. The van der Waals surface area contributed by atoms with Gasteiger partial charge in [-0.1, -0.05) is 35.3 Å². The molecule has 0 bridgehead atoms. The van der Waals surface area contributed by atoms with Crippen LogP contribution in [0.15, 0.2) is 51.7 Å². The molecule has 3 rings (SSSR count). The second-order valence-corrected chi connectivity index (χ2v) is 6.29. The van der Waals surface area contributed by atoms with Crippen molar-refractivity contribution in [1.82, 2.24) is 0 Å². The van der Waals surface area contributed by atoms with Crippen LogP contribution in [0.2, 0.25) is 10.0 Å². The molecule has 0 saturated heterocycles. The van der Waals surface area contributed by atoms with E-state index >= 15 is 0 Å². The van der Waals surface area contributed by atoms with Crippen LogP contribution in [0.4, 0.5) is 0 Å². The molecule has 2 aromatic carbocycles. The second-order valence-electron chi connectivity index (χ2n) is 5.45. The minimum atomic E-state index is -0.986. The Morgan fingerprint density at radius 1 is 1.07 bits per heavy atom. The van der Waals surface area contributed by atoms with E-state index in [-0.39, 0.29) is 21.7 Å². The molecule has 3 aromatic rings. The van der Waals surface area contributed by atoms with Crippen LogP contribution in [0, 0.1) is 0 Å². The molecule has 0 saturated carbocycles. The first kappa shape index (κ1) is 18.9. The summed E-state index contributed by atoms with van der Waals surface area (Å²) in [6.07, 6.45) is 0. The molecule has 138 valence electrons. The predicted octanol–water partition coefficient (Wildman–Crippen LogP) is 4.15. The summed E-state index contributed by atoms with van der Waals surface area (Å²) in [6, 6.07) is 10.6. The molecule has 6 nitrogen and oxygen atoms in total. The highest BCUT2D eigenvalue weighted by molar-refractivity contribution is 6.36. The third-order valence-corrected chi connectivity index (χ3v) is 4.29. The molecule has 0 N–H and O–H groups in total. The maximum atomic E-state index is 12.2. The smallest absolute Gasteiger partial charge is 0.351 e. The van der Waals surface area contributed by atoms with E-state index in [4.69, 9.17) is 37.1 Å². The molecule has 0 unspecified atom stereocenters. The van der Waals surface area contributed by atoms with Crippen molar-refractivity contribution in [2.24, 2.45) is 0 Å². The van der Waals surface area contributed by atoms with E-state index in [2.05, 4.69) is 0 Å². The molecule has 0 spiro atoms. The first-order valence-electron chi connectivity index (χ1n) is 7.67. The van der Waals surface area contributed by atoms with Gasteiger partial charge in [0.05, 0.1) is 12.1 Å². The number of carbonyl (C=O) groups is 2. The number of carbonyl (C=O) groups excluding carboxylic acids is 2. The summed E-state index contributed by atoms with van der Waals surface area (Å²) < 4.78 is 15.2. The molecule has 0 fully saturated rings. The van der Waals surface area contributed by atoms with E-state index in [1.54, 1.807) is 18.2 Å². The highest BCUT2D eigenvalue weighted by Crippen LogP contribution is 2.25. The lowest BCUT2D eigenvalue weighted by Crippen LogP contribution is -2.20. The van der Waals surface area contributed by atoms with Crippen LogP contribution in [0.3, 0.4) is 0 Å². The summed E-state index contributed by atoms with van der Waals surface area (Å²) in [4.78, 5) is 36.5. The molecular formula is C19H12Cl2O6. The van der Waals surface area contributed by atoms with E-state index in [0.29, 0.717) is 16.2 Å². The topological polar surface area (TPSA) is 82.8 Å². The van der Waals surface area contributed by atoms with Crippen LogP contribution in [-0.4, -0.2) is 25.5 Å². The highest BCUT2D eigenvalue weighted by Gasteiger charge is 2.19. The van der Waals surface area contributed by atoms with Gasteiger partial charge in [-0.3, -0.25) is 4.79 Å². The molecule has 0 amide bonds. The van der Waals surface area contributed by atoms with Crippen molar-refractivity contribution in [2.75, 3.05) is 13.7 Å². The Labute approximate surface area is 163 Å². The van der Waals surface area contributed by atoms with Gasteiger partial charge in [-0.25, -0.2) is 9.59 Å². The molecule has 0 radical (unpaired) electrons. The van der Waals surface area contributed by atoms with Gasteiger partial charge < -0.3 is 13.9 Å². The van der Waals surface area contributed by atoms with Crippen molar-refractivity contribution in [3.63, 3.8) is 0 Å². The van der Waals surface area contributed by atoms with Gasteiger partial charge in [0, 0.05) is 16.0 Å². The lowest BCUT2D eigenvalue weighted by Gasteiger charge is -2.07. The number of para-hydroxylation sites is 1. The summed E-state index contributed by atoms with van der Waals surface area (Å²) in [5.41, 5.74) is -0.901. The van der Waals surface area contributed by atoms with Gasteiger partial charge >= 0.3 is 11.6 Å². The lowest BCUT2D eigenvalue weighted by molar-refractivity contribution is 0.0470. The molecule has 8 heteroatoms. The van der Waals surface area contributed by atoms with Crippen LogP contribution in [-0.2, 0) is 4.74 Å². The van der Waals surface area contributed by atoms with E-state index in [1.807, 2.05) is 0 Å². The van der Waals surface area contributed by atoms with Gasteiger partial charge in [0.15, 0.2) is 17.9 Å². The number of hydrogen-bond donors (Lipinski definition) is 0. The average Bonchev–Trinajstić information content (AvgIpc) is 2.66. The number of halogens is 2. The fourth-order valence-electron chi connectivity index (χ4n) is 2.42. The largest absolute Gasteiger partial charge is 0.493 e. The Hall–Kier alpha value is -2.83. The van der Waals surface area contributed by atoms with Gasteiger partial charge in [-0.2, -0.15) is 0 Å². The minimum Gasteiger partial charge on any atom is -0.493 e. The van der Waals surface area contributed by atoms with Crippen LogP contribution in [0.1, 0.15) is 20.7 Å². The van der Waals surface area contributed by atoms with Gasteiger partial charge in [-0.15, -0.1) is 0 Å². The fourth-order valence-corrected chi connectivity index (χ4v) is 2.81. The number of hydrogen-bond acceptors (Lipinski definition) is 6. The van der Waals surface area contributed by atoms with Crippen molar-refractivity contribution in [3.8, 4) is 5.75 Å². The van der Waals surface area contributed by atoms with Crippen molar-refractivity contribution in [1.29, 1.82) is 0 Å². The first-order valence-corrected chi connectivity index (χ1v) is 8.42. The Morgan fingerprint density at radius 2 is 1.85 bits per heavy atom. The number of benzene rings is 2. The van der Waals surface area contributed by atoms with Crippen molar-refractivity contribution in [3.05, 3.63) is 74.1 Å². The van der Waals surface area contributed by atoms with Crippen LogP contribution < -0.4 is 10.4 Å². The second kappa shape index (κ2) is 7.82. The van der Waals surface area contributed by atoms with Crippen LogP contribution >= 0.6 is 23.2 Å². The van der Waals surface area contributed by atoms with Crippen molar-refractivity contribution >= 4 is 45.9 Å². The van der Waals surface area contributed by atoms with Gasteiger partial charge in [-0.05, 0) is 30.3 Å². The van der Waals surface area contributed by atoms with Crippen LogP contribution in [0.25, 0.3) is 11.0 Å². The number of Topliss-reactive ketones (excluding diaryl/α,β-unsaturated/α-hetero) is 1. The zero-order valence-corrected chi connectivity index (χ0v) is 15.5. The molecule has 1 heterocycles. The van der Waals surface area contributed by atoms with Gasteiger partial charge in [0.2, 0.25) is 5.78 Å². The normalized spacial score (nSPS) is 10.6. The van der Waals surface area contributed by atoms with Crippen molar-refractivity contribution in [2.45, 2.75) is 0 Å². The Bertz CT molecular complexity index is 1100. The van der Waals surface area contributed by atoms with Gasteiger partial charge in [0.1, 0.15) is 5.56 Å². The number of fused-ring (bicyclic) bond motifs is 1. The molecule has 0 aliphatic rings. The molecule has 0 aliphatic heterocycles. The maximum Gasteiger partial charge on any atom is 0.351 e. The van der Waals surface area contributed by atoms with Crippen molar-refractivity contribution < 1.29 is 23.5 Å². The molecule has 0 aliphatic carbocycles. The summed E-state index contributed by atoms with van der Waals surface area (Å²) >= 11 is 11.8. The first-order chi connectivity index (χ1) is 12.9. The third kappa shape index (κ3) is 3.97. The SMILES string of the molecule is COc1cccc2cc(C(=O)OCC(=O)c3cc(Cl)ccc3Cl)c(=O)oc12. The number of rotatable bonds is 5.